The molecule has 0 radical (unpaired) electrons. The van der Waals surface area contributed by atoms with Gasteiger partial charge in [-0.2, -0.15) is 0 Å². The van der Waals surface area contributed by atoms with Crippen molar-refractivity contribution < 1.29 is 8.42 Å². The summed E-state index contributed by atoms with van der Waals surface area (Å²) in [6.07, 6.45) is 0. The monoisotopic (exact) mass is 282 g/mol. The highest BCUT2D eigenvalue weighted by atomic mass is 32.2. The summed E-state index contributed by atoms with van der Waals surface area (Å²) >= 11 is 1.35. The molecule has 0 amide bonds. The quantitative estimate of drug-likeness (QED) is 0.938. The molecule has 0 saturated heterocycles. The van der Waals surface area contributed by atoms with Crippen LogP contribution < -0.4 is 4.72 Å². The van der Waals surface area contributed by atoms with Crippen LogP contribution in [0.25, 0.3) is 0 Å². The smallest absolute Gasteiger partial charge is 0.238 e. The van der Waals surface area contributed by atoms with E-state index in [1.165, 1.54) is 11.3 Å². The molecule has 0 unspecified atom stereocenters. The van der Waals surface area contributed by atoms with Crippen LogP contribution in [0.1, 0.15) is 16.1 Å². The van der Waals surface area contributed by atoms with Gasteiger partial charge in [0.25, 0.3) is 0 Å². The van der Waals surface area contributed by atoms with Crippen LogP contribution in [0.5, 0.6) is 0 Å². The second-order valence-electron chi connectivity index (χ2n) is 4.01. The summed E-state index contributed by atoms with van der Waals surface area (Å²) < 4.78 is 26.4. The first-order valence-corrected chi connectivity index (χ1v) is 7.91. The highest BCUT2D eigenvalue weighted by Gasteiger charge is 2.14. The molecule has 0 saturated carbocycles. The SMILES string of the molecule is Cc1nc(NS(=O)(=O)Cc2ccccc2)sc1C. The van der Waals surface area contributed by atoms with Crippen molar-refractivity contribution >= 4 is 26.5 Å². The van der Waals surface area contributed by atoms with Crippen molar-refractivity contribution in [2.24, 2.45) is 0 Å². The first kappa shape index (κ1) is 13.0. The van der Waals surface area contributed by atoms with Crippen molar-refractivity contribution in [3.63, 3.8) is 0 Å². The minimum atomic E-state index is -3.39. The molecule has 18 heavy (non-hydrogen) atoms. The minimum absolute atomic E-state index is 0.0362. The molecule has 0 fully saturated rings. The first-order chi connectivity index (χ1) is 8.46. The zero-order valence-electron chi connectivity index (χ0n) is 10.2. The number of thiazole rings is 1. The van der Waals surface area contributed by atoms with E-state index in [-0.39, 0.29) is 5.75 Å². The highest BCUT2D eigenvalue weighted by molar-refractivity contribution is 7.92. The fourth-order valence-electron chi connectivity index (χ4n) is 1.48. The topological polar surface area (TPSA) is 59.1 Å². The Morgan fingerprint density at radius 1 is 1.22 bits per heavy atom. The van der Waals surface area contributed by atoms with Gasteiger partial charge >= 0.3 is 0 Å². The van der Waals surface area contributed by atoms with Gasteiger partial charge in [0, 0.05) is 4.88 Å². The van der Waals surface area contributed by atoms with Crippen LogP contribution >= 0.6 is 11.3 Å². The fourth-order valence-corrected chi connectivity index (χ4v) is 3.71. The van der Waals surface area contributed by atoms with Crippen molar-refractivity contribution in [3.8, 4) is 0 Å². The van der Waals surface area contributed by atoms with Crippen molar-refractivity contribution in [2.45, 2.75) is 19.6 Å². The average Bonchev–Trinajstić information content (AvgIpc) is 2.57. The van der Waals surface area contributed by atoms with Crippen LogP contribution in [0.4, 0.5) is 5.13 Å². The summed E-state index contributed by atoms with van der Waals surface area (Å²) in [4.78, 5) is 5.19. The van der Waals surface area contributed by atoms with E-state index in [2.05, 4.69) is 9.71 Å². The van der Waals surface area contributed by atoms with Gasteiger partial charge in [-0.25, -0.2) is 13.4 Å². The van der Waals surface area contributed by atoms with E-state index < -0.39 is 10.0 Å². The molecule has 1 aromatic heterocycles. The molecule has 2 aromatic rings. The number of aromatic nitrogens is 1. The van der Waals surface area contributed by atoms with Crippen molar-refractivity contribution in [3.05, 3.63) is 46.5 Å². The van der Waals surface area contributed by atoms with E-state index >= 15 is 0 Å². The molecule has 0 aliphatic heterocycles. The van der Waals surface area contributed by atoms with Gasteiger partial charge < -0.3 is 0 Å². The third kappa shape index (κ3) is 3.30. The van der Waals surface area contributed by atoms with Crippen molar-refractivity contribution in [1.82, 2.24) is 4.98 Å². The van der Waals surface area contributed by atoms with Gasteiger partial charge in [0.05, 0.1) is 11.4 Å². The molecular weight excluding hydrogens is 268 g/mol. The van der Waals surface area contributed by atoms with E-state index in [0.29, 0.717) is 5.13 Å². The summed E-state index contributed by atoms with van der Waals surface area (Å²) in [5.41, 5.74) is 1.62. The van der Waals surface area contributed by atoms with E-state index in [1.807, 2.05) is 32.0 Å². The van der Waals surface area contributed by atoms with Crippen LogP contribution in [0.3, 0.4) is 0 Å². The standard InChI is InChI=1S/C12H14N2O2S2/c1-9-10(2)17-12(13-9)14-18(15,16)8-11-6-4-3-5-7-11/h3-7H,8H2,1-2H3,(H,13,14). The lowest BCUT2D eigenvalue weighted by Gasteiger charge is -2.04. The molecule has 0 aliphatic rings. The second kappa shape index (κ2) is 5.07. The molecule has 0 spiro atoms. The third-order valence-corrected chi connectivity index (χ3v) is 4.81. The van der Waals surface area contributed by atoms with Gasteiger partial charge in [0.2, 0.25) is 10.0 Å². The van der Waals surface area contributed by atoms with E-state index in [1.54, 1.807) is 12.1 Å². The maximum absolute atomic E-state index is 11.9. The van der Waals surface area contributed by atoms with Crippen LogP contribution in [-0.4, -0.2) is 13.4 Å². The predicted octanol–water partition coefficient (Wildman–Crippen LogP) is 2.70. The van der Waals surface area contributed by atoms with Gasteiger partial charge in [-0.3, -0.25) is 4.72 Å². The summed E-state index contributed by atoms with van der Waals surface area (Å²) in [5, 5.41) is 0.431. The molecule has 6 heteroatoms. The van der Waals surface area contributed by atoms with Crippen LogP contribution in [0.2, 0.25) is 0 Å². The lowest BCUT2D eigenvalue weighted by molar-refractivity contribution is 0.600. The number of aryl methyl sites for hydroxylation is 2. The Bertz CT molecular complexity index is 614. The van der Waals surface area contributed by atoms with Crippen LogP contribution in [0.15, 0.2) is 30.3 Å². The number of benzene rings is 1. The maximum Gasteiger partial charge on any atom is 0.238 e. The predicted molar refractivity (Wildman–Crippen MR) is 74.3 cm³/mol. The number of rotatable bonds is 4. The van der Waals surface area contributed by atoms with Gasteiger partial charge in [0.15, 0.2) is 5.13 Å². The molecule has 0 bridgehead atoms. The molecule has 0 aliphatic carbocycles. The number of nitrogens with one attached hydrogen (secondary N) is 1. The Hall–Kier alpha value is -1.40. The van der Waals surface area contributed by atoms with Crippen LogP contribution in [-0.2, 0) is 15.8 Å². The first-order valence-electron chi connectivity index (χ1n) is 5.45. The molecular formula is C12H14N2O2S2. The molecule has 96 valence electrons. The van der Waals surface area contributed by atoms with Gasteiger partial charge in [-0.1, -0.05) is 30.3 Å². The molecule has 2 rings (SSSR count). The van der Waals surface area contributed by atoms with Gasteiger partial charge in [-0.15, -0.1) is 11.3 Å². The number of nitrogens with zero attached hydrogens (tertiary/aromatic N) is 1. The number of sulfonamides is 1. The highest BCUT2D eigenvalue weighted by Crippen LogP contribution is 2.22. The third-order valence-electron chi connectivity index (χ3n) is 2.47. The average molecular weight is 282 g/mol. The largest absolute Gasteiger partial charge is 0.258 e. The second-order valence-corrected chi connectivity index (χ2v) is 6.93. The van der Waals surface area contributed by atoms with Crippen molar-refractivity contribution in [2.75, 3.05) is 4.72 Å². The number of hydrogen-bond acceptors (Lipinski definition) is 4. The Morgan fingerprint density at radius 3 is 2.44 bits per heavy atom. The summed E-state index contributed by atoms with van der Waals surface area (Å²) in [5.74, 6) is -0.0362. The van der Waals surface area contributed by atoms with Crippen LogP contribution in [0, 0.1) is 13.8 Å². The molecule has 1 aromatic carbocycles. The lowest BCUT2D eigenvalue weighted by atomic mass is 10.2. The van der Waals surface area contributed by atoms with Gasteiger partial charge in [-0.05, 0) is 19.4 Å². The fraction of sp³-hybridized carbons (Fsp3) is 0.250. The Kier molecular flexibility index (Phi) is 3.68. The number of anilines is 1. The zero-order chi connectivity index (χ0) is 13.2. The normalized spacial score (nSPS) is 11.4. The Labute approximate surface area is 111 Å². The lowest BCUT2D eigenvalue weighted by Crippen LogP contribution is -2.14. The summed E-state index contributed by atoms with van der Waals surface area (Å²) in [6.45, 7) is 3.78. The number of hydrogen-bond donors (Lipinski definition) is 1. The van der Waals surface area contributed by atoms with Gasteiger partial charge in [0.1, 0.15) is 0 Å². The van der Waals surface area contributed by atoms with E-state index in [9.17, 15) is 8.42 Å². The maximum atomic E-state index is 11.9. The summed E-state index contributed by atoms with van der Waals surface area (Å²) in [7, 11) is -3.39. The molecule has 4 nitrogen and oxygen atoms in total. The summed E-state index contributed by atoms with van der Waals surface area (Å²) in [6, 6.07) is 9.08. The molecule has 0 atom stereocenters. The zero-order valence-corrected chi connectivity index (χ0v) is 11.8. The molecule has 1 N–H and O–H groups in total. The minimum Gasteiger partial charge on any atom is -0.258 e. The Balaban J connectivity index is 2.13. The van der Waals surface area contributed by atoms with E-state index in [0.717, 1.165) is 16.1 Å². The Morgan fingerprint density at radius 2 is 1.89 bits per heavy atom. The molecule has 1 heterocycles. The van der Waals surface area contributed by atoms with E-state index in [4.69, 9.17) is 0 Å². The van der Waals surface area contributed by atoms with Crippen molar-refractivity contribution in [1.29, 1.82) is 0 Å².